The molecule has 0 saturated carbocycles. The number of piperidine rings is 1. The van der Waals surface area contributed by atoms with E-state index in [1.54, 1.807) is 12.5 Å². The van der Waals surface area contributed by atoms with E-state index in [9.17, 15) is 4.39 Å². The number of imidazole rings is 1. The van der Waals surface area contributed by atoms with Gasteiger partial charge >= 0.3 is 0 Å². The number of aromatic nitrogens is 6. The molecule has 1 aliphatic heterocycles. The number of rotatable bonds is 6. The molecule has 0 amide bonds. The monoisotopic (exact) mass is 499 g/mol. The number of alkyl halides is 1. The number of hydrogen-bond acceptors (Lipinski definition) is 9. The number of fused-ring (bicyclic) bond motifs is 2. The van der Waals surface area contributed by atoms with E-state index in [0.717, 1.165) is 40.3 Å². The molecule has 0 spiro atoms. The molecule has 1 aliphatic rings. The zero-order valence-corrected chi connectivity index (χ0v) is 20.4. The number of aryl methyl sites for hydroxylation is 2. The topological polar surface area (TPSA) is 115 Å². The maximum atomic E-state index is 14.3. The van der Waals surface area contributed by atoms with Crippen molar-refractivity contribution in [1.82, 2.24) is 34.8 Å². The fraction of sp³-hybridized carbons (Fsp3) is 0.269. The molecule has 0 bridgehead atoms. The molecule has 4 heterocycles. The molecule has 188 valence electrons. The van der Waals surface area contributed by atoms with Crippen molar-refractivity contribution in [1.29, 1.82) is 0 Å². The second kappa shape index (κ2) is 9.58. The summed E-state index contributed by atoms with van der Waals surface area (Å²) < 4.78 is 22.4. The number of nitrogens with one attached hydrogen (secondary N) is 3. The lowest BCUT2D eigenvalue weighted by atomic mass is 10.1. The number of benzene rings is 2. The Kier molecular flexibility index (Phi) is 5.97. The van der Waals surface area contributed by atoms with Crippen molar-refractivity contribution in [2.24, 2.45) is 7.05 Å². The van der Waals surface area contributed by atoms with Crippen molar-refractivity contribution in [3.8, 4) is 11.5 Å². The van der Waals surface area contributed by atoms with Crippen LogP contribution in [0, 0.1) is 6.92 Å². The Labute approximate surface area is 212 Å². The highest BCUT2D eigenvalue weighted by Crippen LogP contribution is 2.31. The van der Waals surface area contributed by atoms with E-state index in [4.69, 9.17) is 4.74 Å². The summed E-state index contributed by atoms with van der Waals surface area (Å²) in [6.07, 6.45) is 4.51. The molecule has 1 saturated heterocycles. The average Bonchev–Trinajstić information content (AvgIpc) is 3.27. The van der Waals surface area contributed by atoms with Gasteiger partial charge in [0.2, 0.25) is 5.95 Å². The second-order valence-corrected chi connectivity index (χ2v) is 9.12. The number of ether oxygens (including phenoxy) is 1. The van der Waals surface area contributed by atoms with E-state index in [-0.39, 0.29) is 6.04 Å². The van der Waals surface area contributed by atoms with Crippen LogP contribution in [-0.2, 0) is 7.05 Å². The first-order valence-corrected chi connectivity index (χ1v) is 12.1. The van der Waals surface area contributed by atoms with Gasteiger partial charge in [0.25, 0.3) is 0 Å². The third kappa shape index (κ3) is 4.73. The highest BCUT2D eigenvalue weighted by atomic mass is 19.1. The van der Waals surface area contributed by atoms with Crippen molar-refractivity contribution in [2.45, 2.75) is 25.6 Å². The van der Waals surface area contributed by atoms with Crippen molar-refractivity contribution < 1.29 is 9.13 Å². The molecule has 10 nitrogen and oxygen atoms in total. The van der Waals surface area contributed by atoms with Gasteiger partial charge in [0.1, 0.15) is 35.0 Å². The lowest BCUT2D eigenvalue weighted by Gasteiger charge is -2.27. The zero-order chi connectivity index (χ0) is 25.4. The van der Waals surface area contributed by atoms with Crippen LogP contribution in [0.5, 0.6) is 11.5 Å². The minimum atomic E-state index is -1.01. The van der Waals surface area contributed by atoms with E-state index in [1.807, 2.05) is 54.9 Å². The summed E-state index contributed by atoms with van der Waals surface area (Å²) in [7, 11) is 1.96. The first-order valence-electron chi connectivity index (χ1n) is 12.1. The average molecular weight is 500 g/mol. The molecular weight excluding hydrogens is 473 g/mol. The standard InChI is InChI=1S/C26H26FN9O/c1-15-9-16(3-6-23(15)37-17-4-5-22-20(10-17)32-14-36(22)2)33-25-24-21(30-13-31-25)12-29-26(35-24)34-19-7-8-28-11-18(19)27/h3-6,9-10,12-14,18-19,28H,7-8,11H2,1-2H3,(H,29,34,35)(H,30,31,33). The fourth-order valence-corrected chi connectivity index (χ4v) is 4.45. The summed E-state index contributed by atoms with van der Waals surface area (Å²) in [4.78, 5) is 22.0. The Morgan fingerprint density at radius 2 is 2.00 bits per heavy atom. The molecule has 5 aromatic rings. The van der Waals surface area contributed by atoms with Crippen molar-refractivity contribution >= 4 is 39.5 Å². The Morgan fingerprint density at radius 1 is 1.08 bits per heavy atom. The number of nitrogens with zero attached hydrogens (tertiary/aromatic N) is 6. The third-order valence-electron chi connectivity index (χ3n) is 6.46. The lowest BCUT2D eigenvalue weighted by molar-refractivity contribution is 0.244. The quantitative estimate of drug-likeness (QED) is 0.315. The second-order valence-electron chi connectivity index (χ2n) is 9.12. The Morgan fingerprint density at radius 3 is 2.86 bits per heavy atom. The smallest absolute Gasteiger partial charge is 0.223 e. The van der Waals surface area contributed by atoms with Crippen LogP contribution in [0.4, 0.5) is 21.8 Å². The van der Waals surface area contributed by atoms with Gasteiger partial charge in [0.05, 0.1) is 29.6 Å². The summed E-state index contributed by atoms with van der Waals surface area (Å²) >= 11 is 0. The maximum Gasteiger partial charge on any atom is 0.223 e. The van der Waals surface area contributed by atoms with Gasteiger partial charge in [-0.2, -0.15) is 0 Å². The van der Waals surface area contributed by atoms with E-state index in [1.165, 1.54) is 6.33 Å². The number of hydrogen-bond donors (Lipinski definition) is 3. The first kappa shape index (κ1) is 23.0. The minimum absolute atomic E-state index is 0.317. The Hall–Kier alpha value is -4.38. The molecular formula is C26H26FN9O. The highest BCUT2D eigenvalue weighted by molar-refractivity contribution is 5.87. The van der Waals surface area contributed by atoms with Crippen molar-refractivity contribution in [3.05, 3.63) is 60.8 Å². The van der Waals surface area contributed by atoms with Crippen LogP contribution < -0.4 is 20.7 Å². The molecule has 37 heavy (non-hydrogen) atoms. The molecule has 0 aliphatic carbocycles. The number of halogens is 1. The third-order valence-corrected chi connectivity index (χ3v) is 6.46. The van der Waals surface area contributed by atoms with Gasteiger partial charge in [-0.25, -0.2) is 29.3 Å². The molecule has 1 fully saturated rings. The van der Waals surface area contributed by atoms with E-state index < -0.39 is 6.17 Å². The molecule has 2 unspecified atom stereocenters. The molecule has 2 aromatic carbocycles. The summed E-state index contributed by atoms with van der Waals surface area (Å²) in [5, 5.41) is 9.49. The first-order chi connectivity index (χ1) is 18.0. The van der Waals surface area contributed by atoms with Crippen LogP contribution in [0.1, 0.15) is 12.0 Å². The van der Waals surface area contributed by atoms with E-state index in [2.05, 4.69) is 40.9 Å². The minimum Gasteiger partial charge on any atom is -0.457 e. The van der Waals surface area contributed by atoms with Crippen LogP contribution in [0.3, 0.4) is 0 Å². The summed E-state index contributed by atoms with van der Waals surface area (Å²) in [5.74, 6) is 2.35. The molecule has 3 aromatic heterocycles. The Bertz CT molecular complexity index is 1590. The van der Waals surface area contributed by atoms with Gasteiger partial charge in [-0.15, -0.1) is 0 Å². The normalized spacial score (nSPS) is 17.7. The zero-order valence-electron chi connectivity index (χ0n) is 20.4. The SMILES string of the molecule is Cc1cc(Nc2ncnc3cnc(NC4CCNCC4F)nc23)ccc1Oc1ccc2c(c1)ncn2C. The van der Waals surface area contributed by atoms with Gasteiger partial charge in [-0.1, -0.05) is 0 Å². The van der Waals surface area contributed by atoms with Crippen LogP contribution in [0.2, 0.25) is 0 Å². The predicted molar refractivity (Wildman–Crippen MR) is 140 cm³/mol. The van der Waals surface area contributed by atoms with Crippen LogP contribution in [0.25, 0.3) is 22.1 Å². The Balaban J connectivity index is 1.22. The van der Waals surface area contributed by atoms with Crippen LogP contribution in [-0.4, -0.2) is 54.8 Å². The lowest BCUT2D eigenvalue weighted by Crippen LogP contribution is -2.45. The van der Waals surface area contributed by atoms with Gasteiger partial charge < -0.3 is 25.3 Å². The largest absolute Gasteiger partial charge is 0.457 e. The highest BCUT2D eigenvalue weighted by Gasteiger charge is 2.25. The van der Waals surface area contributed by atoms with Crippen molar-refractivity contribution in [3.63, 3.8) is 0 Å². The predicted octanol–water partition coefficient (Wildman–Crippen LogP) is 4.26. The fourth-order valence-electron chi connectivity index (χ4n) is 4.45. The van der Waals surface area contributed by atoms with Crippen molar-refractivity contribution in [2.75, 3.05) is 23.7 Å². The summed E-state index contributed by atoms with van der Waals surface area (Å²) in [5.41, 5.74) is 4.83. The van der Waals surface area contributed by atoms with E-state index in [0.29, 0.717) is 35.8 Å². The molecule has 3 N–H and O–H groups in total. The van der Waals surface area contributed by atoms with Gasteiger partial charge in [0, 0.05) is 25.3 Å². The van der Waals surface area contributed by atoms with Crippen LogP contribution >= 0.6 is 0 Å². The molecule has 11 heteroatoms. The van der Waals surface area contributed by atoms with Crippen LogP contribution in [0.15, 0.2) is 55.2 Å². The molecule has 6 rings (SSSR count). The van der Waals surface area contributed by atoms with Gasteiger partial charge in [0.15, 0.2) is 5.82 Å². The van der Waals surface area contributed by atoms with Gasteiger partial charge in [-0.3, -0.25) is 0 Å². The summed E-state index contributed by atoms with van der Waals surface area (Å²) in [6, 6.07) is 11.3. The number of anilines is 3. The molecule has 2 atom stereocenters. The summed E-state index contributed by atoms with van der Waals surface area (Å²) in [6.45, 7) is 3.05. The van der Waals surface area contributed by atoms with Gasteiger partial charge in [-0.05, 0) is 55.8 Å². The maximum absolute atomic E-state index is 14.3. The molecule has 0 radical (unpaired) electrons. The van der Waals surface area contributed by atoms with E-state index >= 15 is 0 Å².